The van der Waals surface area contributed by atoms with Crippen LogP contribution in [0, 0.1) is 5.82 Å². The lowest BCUT2D eigenvalue weighted by Gasteiger charge is -2.11. The number of esters is 1. The molecule has 0 saturated heterocycles. The van der Waals surface area contributed by atoms with Gasteiger partial charge in [0.1, 0.15) is 0 Å². The van der Waals surface area contributed by atoms with Crippen molar-refractivity contribution in [1.82, 2.24) is 0 Å². The lowest BCUT2D eigenvalue weighted by atomic mass is 10.1. The van der Waals surface area contributed by atoms with Crippen molar-refractivity contribution in [3.8, 4) is 5.75 Å². The van der Waals surface area contributed by atoms with E-state index in [9.17, 15) is 18.0 Å². The van der Waals surface area contributed by atoms with Crippen molar-refractivity contribution in [2.75, 3.05) is 6.61 Å². The van der Waals surface area contributed by atoms with Gasteiger partial charge in [-0.05, 0) is 24.6 Å². The number of hydrogen-bond acceptors (Lipinski definition) is 3. The zero-order chi connectivity index (χ0) is 13.7. The molecule has 0 atom stereocenters. The smallest absolute Gasteiger partial charge is 0.387 e. The van der Waals surface area contributed by atoms with Gasteiger partial charge >= 0.3 is 12.6 Å². The molecule has 0 heterocycles. The highest BCUT2D eigenvalue weighted by molar-refractivity contribution is 9.08. The third-order valence-corrected chi connectivity index (χ3v) is 2.62. The second kappa shape index (κ2) is 6.63. The van der Waals surface area contributed by atoms with E-state index in [0.717, 1.165) is 12.1 Å². The Morgan fingerprint density at radius 3 is 2.61 bits per heavy atom. The number of alkyl halides is 3. The van der Waals surface area contributed by atoms with E-state index in [0.29, 0.717) is 5.56 Å². The van der Waals surface area contributed by atoms with Crippen molar-refractivity contribution in [3.05, 3.63) is 29.1 Å². The third kappa shape index (κ3) is 3.63. The van der Waals surface area contributed by atoms with Gasteiger partial charge in [0.05, 0.1) is 12.2 Å². The molecule has 0 bridgehead atoms. The number of carbonyl (C=O) groups is 1. The lowest BCUT2D eigenvalue weighted by Crippen LogP contribution is -2.10. The number of hydrogen-bond donors (Lipinski definition) is 0. The van der Waals surface area contributed by atoms with E-state index in [1.165, 1.54) is 0 Å². The summed E-state index contributed by atoms with van der Waals surface area (Å²) in [5.74, 6) is -2.36. The summed E-state index contributed by atoms with van der Waals surface area (Å²) in [4.78, 5) is 11.6. The Hall–Kier alpha value is -1.24. The molecule has 18 heavy (non-hydrogen) atoms. The summed E-state index contributed by atoms with van der Waals surface area (Å²) in [5, 5.41) is 0.188. The van der Waals surface area contributed by atoms with E-state index in [1.807, 2.05) is 0 Å². The van der Waals surface area contributed by atoms with Gasteiger partial charge in [-0.1, -0.05) is 15.9 Å². The quantitative estimate of drug-likeness (QED) is 0.613. The molecule has 0 aliphatic carbocycles. The Bertz CT molecular complexity index is 438. The maximum Gasteiger partial charge on any atom is 0.387 e. The Morgan fingerprint density at radius 1 is 1.44 bits per heavy atom. The van der Waals surface area contributed by atoms with Gasteiger partial charge in [0.25, 0.3) is 0 Å². The van der Waals surface area contributed by atoms with Gasteiger partial charge < -0.3 is 9.47 Å². The fourth-order valence-corrected chi connectivity index (χ4v) is 1.75. The average Bonchev–Trinajstić information content (AvgIpc) is 2.30. The van der Waals surface area contributed by atoms with Crippen molar-refractivity contribution in [1.29, 1.82) is 0 Å². The second-order valence-corrected chi connectivity index (χ2v) is 3.73. The highest BCUT2D eigenvalue weighted by atomic mass is 79.9. The first-order valence-electron chi connectivity index (χ1n) is 4.99. The van der Waals surface area contributed by atoms with Crippen LogP contribution in [-0.2, 0) is 10.1 Å². The predicted octanol–water partition coefficient (Wildman–Crippen LogP) is 3.50. The highest BCUT2D eigenvalue weighted by Crippen LogP contribution is 2.26. The summed E-state index contributed by atoms with van der Waals surface area (Å²) >= 11 is 3.07. The lowest BCUT2D eigenvalue weighted by molar-refractivity contribution is -0.0522. The molecule has 0 saturated carbocycles. The van der Waals surface area contributed by atoms with Crippen LogP contribution < -0.4 is 4.74 Å². The number of halogens is 4. The van der Waals surface area contributed by atoms with Crippen LogP contribution in [-0.4, -0.2) is 19.2 Å². The van der Waals surface area contributed by atoms with Crippen molar-refractivity contribution >= 4 is 21.9 Å². The van der Waals surface area contributed by atoms with Gasteiger partial charge in [-0.2, -0.15) is 8.78 Å². The van der Waals surface area contributed by atoms with Crippen LogP contribution >= 0.6 is 15.9 Å². The average molecular weight is 327 g/mol. The molecule has 0 aromatic heterocycles. The van der Waals surface area contributed by atoms with E-state index in [2.05, 4.69) is 20.7 Å². The van der Waals surface area contributed by atoms with Gasteiger partial charge in [0.15, 0.2) is 11.6 Å². The molecule has 0 unspecified atom stereocenters. The molecule has 1 aromatic carbocycles. The molecule has 7 heteroatoms. The van der Waals surface area contributed by atoms with Gasteiger partial charge in [0.2, 0.25) is 0 Å². The minimum atomic E-state index is -3.16. The van der Waals surface area contributed by atoms with E-state index >= 15 is 0 Å². The van der Waals surface area contributed by atoms with Crippen molar-refractivity contribution < 1.29 is 27.4 Å². The molecule has 0 radical (unpaired) electrons. The Labute approximate surface area is 110 Å². The fourth-order valence-electron chi connectivity index (χ4n) is 1.29. The molecule has 0 aliphatic rings. The maximum absolute atomic E-state index is 13.4. The summed E-state index contributed by atoms with van der Waals surface area (Å²) in [6.45, 7) is -1.43. The molecular weight excluding hydrogens is 317 g/mol. The van der Waals surface area contributed by atoms with E-state index in [4.69, 9.17) is 4.74 Å². The fraction of sp³-hybridized carbons (Fsp3) is 0.364. The van der Waals surface area contributed by atoms with Gasteiger partial charge in [0, 0.05) is 5.33 Å². The zero-order valence-corrected chi connectivity index (χ0v) is 11.0. The van der Waals surface area contributed by atoms with Gasteiger partial charge in [-0.3, -0.25) is 0 Å². The molecule has 0 fully saturated rings. The monoisotopic (exact) mass is 326 g/mol. The van der Waals surface area contributed by atoms with Crippen LogP contribution in [0.1, 0.15) is 22.8 Å². The summed E-state index contributed by atoms with van der Waals surface area (Å²) in [5.41, 5.74) is 0.290. The molecular formula is C11H10BrF3O3. The number of ether oxygens (including phenoxy) is 2. The van der Waals surface area contributed by atoms with Crippen LogP contribution in [0.15, 0.2) is 12.1 Å². The van der Waals surface area contributed by atoms with Crippen LogP contribution in [0.2, 0.25) is 0 Å². The Morgan fingerprint density at radius 2 is 2.11 bits per heavy atom. The first-order chi connectivity index (χ1) is 8.49. The number of carbonyl (C=O) groups excluding carboxylic acids is 1. The summed E-state index contributed by atoms with van der Waals surface area (Å²) in [6, 6.07) is 1.87. The molecule has 1 rings (SSSR count). The molecule has 0 spiro atoms. The molecule has 3 nitrogen and oxygen atoms in total. The van der Waals surface area contributed by atoms with Crippen molar-refractivity contribution in [2.45, 2.75) is 18.9 Å². The molecule has 0 N–H and O–H groups in total. The largest absolute Gasteiger partial charge is 0.462 e. The topological polar surface area (TPSA) is 35.5 Å². The van der Waals surface area contributed by atoms with Crippen molar-refractivity contribution in [3.63, 3.8) is 0 Å². The first kappa shape index (κ1) is 14.8. The van der Waals surface area contributed by atoms with Crippen molar-refractivity contribution in [2.24, 2.45) is 0 Å². The Balaban J connectivity index is 3.17. The van der Waals surface area contributed by atoms with E-state index in [1.54, 1.807) is 6.92 Å². The summed E-state index contributed by atoms with van der Waals surface area (Å²) in [6.07, 6.45) is 0. The van der Waals surface area contributed by atoms with E-state index in [-0.39, 0.29) is 17.5 Å². The van der Waals surface area contributed by atoms with Crippen LogP contribution in [0.4, 0.5) is 13.2 Å². The number of rotatable bonds is 5. The standard InChI is InChI=1S/C11H10BrF3O3/c1-2-17-10(16)7-4-9(18-11(14)15)8(13)3-6(7)5-12/h3-4,11H,2,5H2,1H3. The minimum absolute atomic E-state index is 0.00854. The van der Waals surface area contributed by atoms with Gasteiger partial charge in [-0.15, -0.1) is 0 Å². The molecule has 100 valence electrons. The third-order valence-electron chi connectivity index (χ3n) is 2.01. The molecule has 0 aliphatic heterocycles. The summed E-state index contributed by atoms with van der Waals surface area (Å²) < 4.78 is 46.2. The Kier molecular flexibility index (Phi) is 5.46. The van der Waals surface area contributed by atoms with Crippen LogP contribution in [0.25, 0.3) is 0 Å². The molecule has 1 aromatic rings. The minimum Gasteiger partial charge on any atom is -0.462 e. The summed E-state index contributed by atoms with van der Waals surface area (Å²) in [7, 11) is 0. The van der Waals surface area contributed by atoms with E-state index < -0.39 is 24.1 Å². The van der Waals surface area contributed by atoms with Gasteiger partial charge in [-0.25, -0.2) is 9.18 Å². The normalized spacial score (nSPS) is 10.6. The van der Waals surface area contributed by atoms with Crippen LogP contribution in [0.5, 0.6) is 5.75 Å². The second-order valence-electron chi connectivity index (χ2n) is 3.17. The SMILES string of the molecule is CCOC(=O)c1cc(OC(F)F)c(F)cc1CBr. The predicted molar refractivity (Wildman–Crippen MR) is 61.6 cm³/mol. The maximum atomic E-state index is 13.4. The first-order valence-corrected chi connectivity index (χ1v) is 6.12. The number of benzene rings is 1. The zero-order valence-electron chi connectivity index (χ0n) is 9.38. The highest BCUT2D eigenvalue weighted by Gasteiger charge is 2.18. The molecule has 0 amide bonds. The van der Waals surface area contributed by atoms with Crippen LogP contribution in [0.3, 0.4) is 0 Å².